The van der Waals surface area contributed by atoms with Crippen LogP contribution in [0.4, 0.5) is 0 Å². The molecule has 0 aromatic rings. The van der Waals surface area contributed by atoms with Crippen molar-refractivity contribution in [2.24, 2.45) is 5.92 Å². The Morgan fingerprint density at radius 1 is 1.09 bits per heavy atom. The van der Waals surface area contributed by atoms with E-state index in [0.717, 1.165) is 5.92 Å². The summed E-state index contributed by atoms with van der Waals surface area (Å²) < 4.78 is 0. The van der Waals surface area contributed by atoms with E-state index in [1.54, 1.807) is 4.90 Å². The lowest BCUT2D eigenvalue weighted by molar-refractivity contribution is -0.862. The van der Waals surface area contributed by atoms with E-state index >= 15 is 0 Å². The molecule has 0 spiro atoms. The second-order valence-electron chi connectivity index (χ2n) is 3.92. The first kappa shape index (κ1) is 11.2. The first-order valence-electron chi connectivity index (χ1n) is 4.58. The van der Waals surface area contributed by atoms with Crippen LogP contribution in [0.1, 0.15) is 32.1 Å². The van der Waals surface area contributed by atoms with Gasteiger partial charge in [-0.1, -0.05) is 19.3 Å². The second kappa shape index (κ2) is 5.84. The van der Waals surface area contributed by atoms with Crippen LogP contribution >= 0.6 is 12.4 Å². The second-order valence-corrected chi connectivity index (χ2v) is 3.92. The maximum absolute atomic E-state index is 2.26. The van der Waals surface area contributed by atoms with Gasteiger partial charge in [-0.25, -0.2) is 0 Å². The van der Waals surface area contributed by atoms with Crippen molar-refractivity contribution in [2.75, 3.05) is 20.6 Å². The van der Waals surface area contributed by atoms with Gasteiger partial charge in [0.15, 0.2) is 0 Å². The summed E-state index contributed by atoms with van der Waals surface area (Å²) in [4.78, 5) is 1.62. The number of halogens is 1. The van der Waals surface area contributed by atoms with Crippen LogP contribution in [0.3, 0.4) is 0 Å². The van der Waals surface area contributed by atoms with Gasteiger partial charge in [-0.2, -0.15) is 0 Å². The molecule has 0 saturated heterocycles. The predicted octanol–water partition coefficient (Wildman–Crippen LogP) is 1.13. The van der Waals surface area contributed by atoms with Gasteiger partial charge in [0.2, 0.25) is 0 Å². The Morgan fingerprint density at radius 2 is 1.64 bits per heavy atom. The first-order chi connectivity index (χ1) is 4.79. The van der Waals surface area contributed by atoms with E-state index in [0.29, 0.717) is 0 Å². The summed E-state index contributed by atoms with van der Waals surface area (Å²) in [5, 5.41) is 0. The molecular formula is C9H21ClN+. The average Bonchev–Trinajstić information content (AvgIpc) is 1.88. The van der Waals surface area contributed by atoms with Crippen LogP contribution in [-0.2, 0) is 0 Å². The molecule has 0 radical (unpaired) electrons. The Hall–Kier alpha value is 0.250. The maximum Gasteiger partial charge on any atom is 0.0795 e. The molecule has 1 fully saturated rings. The summed E-state index contributed by atoms with van der Waals surface area (Å²) in [7, 11) is 4.52. The minimum Gasteiger partial charge on any atom is -0.340 e. The molecule has 0 aromatic heterocycles. The third-order valence-electron chi connectivity index (χ3n) is 2.42. The molecule has 0 aromatic carbocycles. The Kier molecular flexibility index (Phi) is 5.98. The van der Waals surface area contributed by atoms with Crippen LogP contribution in [0.25, 0.3) is 0 Å². The van der Waals surface area contributed by atoms with Crippen molar-refractivity contribution in [1.29, 1.82) is 0 Å². The van der Waals surface area contributed by atoms with Crippen LogP contribution in [0, 0.1) is 5.92 Å². The summed E-state index contributed by atoms with van der Waals surface area (Å²) in [6.07, 6.45) is 7.44. The van der Waals surface area contributed by atoms with Crippen LogP contribution < -0.4 is 4.90 Å². The third-order valence-corrected chi connectivity index (χ3v) is 2.42. The lowest BCUT2D eigenvalue weighted by atomic mass is 9.89. The molecule has 0 bridgehead atoms. The average molecular weight is 179 g/mol. The number of quaternary nitrogens is 1. The number of hydrogen-bond acceptors (Lipinski definition) is 0. The minimum atomic E-state index is 0. The Morgan fingerprint density at radius 3 is 2.09 bits per heavy atom. The van der Waals surface area contributed by atoms with Crippen molar-refractivity contribution in [3.05, 3.63) is 0 Å². The molecule has 0 atom stereocenters. The Labute approximate surface area is 76.6 Å². The van der Waals surface area contributed by atoms with Gasteiger partial charge in [-0.15, -0.1) is 12.4 Å². The van der Waals surface area contributed by atoms with Crippen LogP contribution in [0.15, 0.2) is 0 Å². The van der Waals surface area contributed by atoms with Crippen molar-refractivity contribution < 1.29 is 4.90 Å². The van der Waals surface area contributed by atoms with Gasteiger partial charge in [-0.3, -0.25) is 0 Å². The first-order valence-corrected chi connectivity index (χ1v) is 4.58. The zero-order valence-electron chi connectivity index (χ0n) is 7.73. The van der Waals surface area contributed by atoms with Gasteiger partial charge >= 0.3 is 0 Å². The Bertz CT molecular complexity index is 87.6. The normalized spacial score (nSPS) is 19.9. The molecule has 2 heteroatoms. The molecule has 68 valence electrons. The molecule has 1 saturated carbocycles. The van der Waals surface area contributed by atoms with Gasteiger partial charge in [0.25, 0.3) is 0 Å². The fraction of sp³-hybridized carbons (Fsp3) is 1.00. The molecule has 11 heavy (non-hydrogen) atoms. The largest absolute Gasteiger partial charge is 0.340 e. The monoisotopic (exact) mass is 178 g/mol. The van der Waals surface area contributed by atoms with Crippen molar-refractivity contribution in [3.8, 4) is 0 Å². The fourth-order valence-electron chi connectivity index (χ4n) is 1.97. The van der Waals surface area contributed by atoms with Crippen molar-refractivity contribution in [1.82, 2.24) is 0 Å². The lowest BCUT2D eigenvalue weighted by Crippen LogP contribution is -3.06. The van der Waals surface area contributed by atoms with E-state index in [9.17, 15) is 0 Å². The molecular weight excluding hydrogens is 158 g/mol. The lowest BCUT2D eigenvalue weighted by Gasteiger charge is -2.22. The summed E-state index contributed by atoms with van der Waals surface area (Å²) in [5.74, 6) is 1.04. The van der Waals surface area contributed by atoms with E-state index < -0.39 is 0 Å². The summed E-state index contributed by atoms with van der Waals surface area (Å²) in [5.41, 5.74) is 0. The molecule has 1 nitrogen and oxygen atoms in total. The standard InChI is InChI=1S/C9H19N.ClH/c1-10(2)8-9-6-4-3-5-7-9;/h9H,3-8H2,1-2H3;1H/p+1. The van der Waals surface area contributed by atoms with E-state index in [4.69, 9.17) is 0 Å². The maximum atomic E-state index is 2.26. The molecule has 0 unspecified atom stereocenters. The van der Waals surface area contributed by atoms with E-state index in [1.165, 1.54) is 38.6 Å². The SMILES string of the molecule is C[NH+](C)CC1CCCCC1.Cl. The van der Waals surface area contributed by atoms with Crippen LogP contribution in [-0.4, -0.2) is 20.6 Å². The van der Waals surface area contributed by atoms with Gasteiger partial charge in [0.05, 0.1) is 20.6 Å². The van der Waals surface area contributed by atoms with Crippen molar-refractivity contribution >= 4 is 12.4 Å². The molecule has 0 heterocycles. The van der Waals surface area contributed by atoms with E-state index in [2.05, 4.69) is 14.1 Å². The summed E-state index contributed by atoms with van der Waals surface area (Å²) in [6.45, 7) is 1.39. The van der Waals surface area contributed by atoms with Gasteiger partial charge < -0.3 is 4.90 Å². The van der Waals surface area contributed by atoms with E-state index in [-0.39, 0.29) is 12.4 Å². The quantitative estimate of drug-likeness (QED) is 0.647. The summed E-state index contributed by atoms with van der Waals surface area (Å²) in [6, 6.07) is 0. The Balaban J connectivity index is 0.000001000. The number of hydrogen-bond donors (Lipinski definition) is 1. The van der Waals surface area contributed by atoms with Crippen LogP contribution in [0.2, 0.25) is 0 Å². The highest BCUT2D eigenvalue weighted by atomic mass is 35.5. The van der Waals surface area contributed by atoms with Gasteiger partial charge in [-0.05, 0) is 12.8 Å². The summed E-state index contributed by atoms with van der Waals surface area (Å²) >= 11 is 0. The minimum absolute atomic E-state index is 0. The van der Waals surface area contributed by atoms with Crippen molar-refractivity contribution in [3.63, 3.8) is 0 Å². The fourth-order valence-corrected chi connectivity index (χ4v) is 1.97. The number of nitrogens with one attached hydrogen (secondary N) is 1. The predicted molar refractivity (Wildman–Crippen MR) is 51.5 cm³/mol. The molecule has 1 rings (SSSR count). The van der Waals surface area contributed by atoms with Crippen molar-refractivity contribution in [2.45, 2.75) is 32.1 Å². The zero-order valence-corrected chi connectivity index (χ0v) is 8.54. The molecule has 1 aliphatic rings. The molecule has 1 N–H and O–H groups in total. The molecule has 0 aliphatic heterocycles. The zero-order chi connectivity index (χ0) is 7.40. The highest BCUT2D eigenvalue weighted by molar-refractivity contribution is 5.85. The highest BCUT2D eigenvalue weighted by Crippen LogP contribution is 2.21. The van der Waals surface area contributed by atoms with Gasteiger partial charge in [0.1, 0.15) is 0 Å². The topological polar surface area (TPSA) is 4.44 Å². The van der Waals surface area contributed by atoms with Crippen LogP contribution in [0.5, 0.6) is 0 Å². The van der Waals surface area contributed by atoms with E-state index in [1.807, 2.05) is 0 Å². The number of rotatable bonds is 2. The third kappa shape index (κ3) is 4.65. The van der Waals surface area contributed by atoms with Gasteiger partial charge in [0, 0.05) is 5.92 Å². The molecule has 0 amide bonds. The highest BCUT2D eigenvalue weighted by Gasteiger charge is 2.15. The smallest absolute Gasteiger partial charge is 0.0795 e. The molecule has 1 aliphatic carbocycles.